The summed E-state index contributed by atoms with van der Waals surface area (Å²) >= 11 is 10.0. The third kappa shape index (κ3) is 8.67. The molecule has 13 heavy (non-hydrogen) atoms. The van der Waals surface area contributed by atoms with Crippen LogP contribution < -0.4 is 0 Å². The van der Waals surface area contributed by atoms with Crippen LogP contribution in [0.2, 0.25) is 0 Å². The molecule has 0 saturated carbocycles. The number of rotatable bonds is 1. The zero-order chi connectivity index (χ0) is 10.3. The Kier molecular flexibility index (Phi) is 7.93. The lowest BCUT2D eigenvalue weighted by molar-refractivity contribution is 0.520. The van der Waals surface area contributed by atoms with E-state index in [2.05, 4.69) is 39.5 Å². The topological polar surface area (TPSA) is 43.4 Å². The Bertz CT molecular complexity index is 260. The van der Waals surface area contributed by atoms with Gasteiger partial charge in [-0.2, -0.15) is 0 Å². The lowest BCUT2D eigenvalue weighted by Gasteiger charge is -2.03. The molecule has 0 bridgehead atoms. The van der Waals surface area contributed by atoms with E-state index in [1.165, 1.54) is 0 Å². The molecule has 0 radical (unpaired) electrons. The van der Waals surface area contributed by atoms with E-state index < -0.39 is 11.3 Å². The molecule has 0 aromatic heterocycles. The minimum absolute atomic E-state index is 0.0278. The molecule has 0 aliphatic carbocycles. The van der Waals surface area contributed by atoms with Crippen LogP contribution in [0.15, 0.2) is 34.8 Å². The Labute approximate surface area is 97.4 Å². The van der Waals surface area contributed by atoms with Crippen LogP contribution in [-0.2, 0) is 11.3 Å². The van der Waals surface area contributed by atoms with Gasteiger partial charge in [0.25, 0.3) is 0 Å². The quantitative estimate of drug-likeness (QED) is 0.591. The van der Waals surface area contributed by atoms with Gasteiger partial charge in [0.1, 0.15) is 0 Å². The van der Waals surface area contributed by atoms with Crippen molar-refractivity contribution in [1.29, 1.82) is 0 Å². The van der Waals surface area contributed by atoms with Gasteiger partial charge in [-0.3, -0.25) is 4.21 Å². The van der Waals surface area contributed by atoms with E-state index in [1.807, 2.05) is 30.3 Å². The standard InChI is InChI=1S/C6H5Br.Cl2HNO2S/c7-6-4-2-1-3-5-6;1-3(2)6(4)5/h1-5H;(H,4,5)/p-1. The van der Waals surface area contributed by atoms with Crippen LogP contribution in [0.25, 0.3) is 0 Å². The smallest absolute Gasteiger partial charge is 0.0519 e. The van der Waals surface area contributed by atoms with Crippen molar-refractivity contribution in [3.63, 3.8) is 0 Å². The maximum absolute atomic E-state index is 9.36. The molecule has 1 unspecified atom stereocenters. The predicted molar refractivity (Wildman–Crippen MR) is 56.6 cm³/mol. The molecular formula is C6H5BrCl2NO2S-. The van der Waals surface area contributed by atoms with Gasteiger partial charge >= 0.3 is 0 Å². The van der Waals surface area contributed by atoms with Crippen molar-refractivity contribution in [3.05, 3.63) is 34.8 Å². The minimum atomic E-state index is -2.50. The highest BCUT2D eigenvalue weighted by Crippen LogP contribution is 2.05. The first-order valence-corrected chi connectivity index (χ1v) is 5.45. The normalized spacial score (nSPS) is 11.8. The van der Waals surface area contributed by atoms with Crippen LogP contribution in [0.4, 0.5) is 0 Å². The van der Waals surface area contributed by atoms with Crippen LogP contribution >= 0.6 is 39.5 Å². The molecular weight excluding hydrogens is 301 g/mol. The Hall–Kier alpha value is 0.350. The summed E-state index contributed by atoms with van der Waals surface area (Å²) in [6.07, 6.45) is 0. The summed E-state index contributed by atoms with van der Waals surface area (Å²) in [6, 6.07) is 9.97. The van der Waals surface area contributed by atoms with Gasteiger partial charge < -0.3 is 4.55 Å². The monoisotopic (exact) mass is 304 g/mol. The van der Waals surface area contributed by atoms with Crippen LogP contribution in [0.5, 0.6) is 0 Å². The number of hydrogen-bond acceptors (Lipinski definition) is 2. The molecule has 7 heteroatoms. The summed E-state index contributed by atoms with van der Waals surface area (Å²) in [4.78, 5) is 0. The largest absolute Gasteiger partial charge is 0.758 e. The Morgan fingerprint density at radius 2 is 1.69 bits per heavy atom. The van der Waals surface area contributed by atoms with E-state index >= 15 is 0 Å². The fourth-order valence-electron chi connectivity index (χ4n) is 0.415. The summed E-state index contributed by atoms with van der Waals surface area (Å²) < 4.78 is 19.9. The number of benzene rings is 1. The first-order chi connectivity index (χ1) is 6.04. The van der Waals surface area contributed by atoms with Crippen molar-refractivity contribution in [2.24, 2.45) is 0 Å². The molecule has 0 amide bonds. The van der Waals surface area contributed by atoms with E-state index in [0.717, 1.165) is 4.47 Å². The van der Waals surface area contributed by atoms with Crippen molar-refractivity contribution in [1.82, 2.24) is 3.34 Å². The van der Waals surface area contributed by atoms with Crippen molar-refractivity contribution in [2.75, 3.05) is 0 Å². The van der Waals surface area contributed by atoms with Crippen molar-refractivity contribution in [2.45, 2.75) is 0 Å². The highest BCUT2D eigenvalue weighted by molar-refractivity contribution is 9.10. The van der Waals surface area contributed by atoms with E-state index in [4.69, 9.17) is 0 Å². The van der Waals surface area contributed by atoms with Crippen LogP contribution in [-0.4, -0.2) is 12.1 Å². The molecule has 1 atom stereocenters. The van der Waals surface area contributed by atoms with E-state index in [-0.39, 0.29) is 3.34 Å². The molecule has 0 heterocycles. The van der Waals surface area contributed by atoms with Crippen molar-refractivity contribution < 1.29 is 8.76 Å². The summed E-state index contributed by atoms with van der Waals surface area (Å²) in [7, 11) is 0. The van der Waals surface area contributed by atoms with Gasteiger partial charge in [-0.05, 0) is 12.1 Å². The van der Waals surface area contributed by atoms with Crippen LogP contribution in [0.3, 0.4) is 0 Å². The molecule has 1 rings (SSSR count). The molecule has 0 spiro atoms. The third-order valence-corrected chi connectivity index (χ3v) is 2.28. The van der Waals surface area contributed by atoms with E-state index in [1.54, 1.807) is 0 Å². The fraction of sp³-hybridized carbons (Fsp3) is 0. The van der Waals surface area contributed by atoms with Crippen molar-refractivity contribution in [3.8, 4) is 0 Å². The maximum Gasteiger partial charge on any atom is 0.0519 e. The summed E-state index contributed by atoms with van der Waals surface area (Å²) in [5.74, 6) is 0. The molecule has 1 aromatic rings. The molecule has 0 aliphatic heterocycles. The van der Waals surface area contributed by atoms with Gasteiger partial charge in [0.05, 0.1) is 11.3 Å². The maximum atomic E-state index is 9.36. The predicted octanol–water partition coefficient (Wildman–Crippen LogP) is 2.84. The van der Waals surface area contributed by atoms with Crippen molar-refractivity contribution >= 4 is 50.7 Å². The second-order valence-corrected chi connectivity index (χ2v) is 4.68. The molecule has 0 aliphatic rings. The zero-order valence-corrected chi connectivity index (χ0v) is 10.1. The number of hydrogen-bond donors (Lipinski definition) is 0. The van der Waals surface area contributed by atoms with Gasteiger partial charge in [-0.15, -0.1) is 0 Å². The molecule has 0 saturated heterocycles. The second-order valence-electron chi connectivity index (χ2n) is 1.71. The van der Waals surface area contributed by atoms with Gasteiger partial charge in [0, 0.05) is 28.0 Å². The summed E-state index contributed by atoms with van der Waals surface area (Å²) in [5, 5.41) is 0. The summed E-state index contributed by atoms with van der Waals surface area (Å²) in [5.41, 5.74) is 0. The minimum Gasteiger partial charge on any atom is -0.758 e. The Balaban J connectivity index is 0.000000226. The fourth-order valence-corrected chi connectivity index (χ4v) is 0.720. The first kappa shape index (κ1) is 13.4. The Morgan fingerprint density at radius 1 is 1.31 bits per heavy atom. The molecule has 1 aromatic carbocycles. The summed E-state index contributed by atoms with van der Waals surface area (Å²) in [6.45, 7) is 0. The lowest BCUT2D eigenvalue weighted by Crippen LogP contribution is -1.99. The SMILES string of the molecule is Brc1ccccc1.O=S([O-])N(Cl)Cl. The average molecular weight is 306 g/mol. The first-order valence-electron chi connectivity index (χ1n) is 2.95. The molecule has 0 N–H and O–H groups in total. The van der Waals surface area contributed by atoms with Gasteiger partial charge in [0.2, 0.25) is 0 Å². The van der Waals surface area contributed by atoms with E-state index in [9.17, 15) is 8.76 Å². The zero-order valence-electron chi connectivity index (χ0n) is 6.19. The average Bonchev–Trinajstić information content (AvgIpc) is 2.06. The second kappa shape index (κ2) is 7.73. The molecule has 3 nitrogen and oxygen atoms in total. The highest BCUT2D eigenvalue weighted by Gasteiger charge is 1.86. The third-order valence-electron chi connectivity index (χ3n) is 0.846. The van der Waals surface area contributed by atoms with Gasteiger partial charge in [-0.1, -0.05) is 37.5 Å². The lowest BCUT2D eigenvalue weighted by atomic mass is 10.4. The molecule has 0 fully saturated rings. The number of halogens is 3. The number of nitrogens with zero attached hydrogens (tertiary/aromatic N) is 1. The molecule has 74 valence electrons. The van der Waals surface area contributed by atoms with Gasteiger partial charge in [0.15, 0.2) is 0 Å². The van der Waals surface area contributed by atoms with Crippen LogP contribution in [0.1, 0.15) is 0 Å². The highest BCUT2D eigenvalue weighted by atomic mass is 79.9. The van der Waals surface area contributed by atoms with Crippen LogP contribution in [0, 0.1) is 0 Å². The van der Waals surface area contributed by atoms with E-state index in [0.29, 0.717) is 0 Å². The Morgan fingerprint density at radius 3 is 1.85 bits per heavy atom. The van der Waals surface area contributed by atoms with Gasteiger partial charge in [-0.25, -0.2) is 0 Å².